The summed E-state index contributed by atoms with van der Waals surface area (Å²) >= 11 is 0. The fraction of sp³-hybridized carbons (Fsp3) is 0.0526. The van der Waals surface area contributed by atoms with Crippen LogP contribution in [-0.4, -0.2) is 30.4 Å². The zero-order valence-electron chi connectivity index (χ0n) is 14.8. The lowest BCUT2D eigenvalue weighted by atomic mass is 10.1. The summed E-state index contributed by atoms with van der Waals surface area (Å²) in [6, 6.07) is 12.8. The van der Waals surface area contributed by atoms with Crippen molar-refractivity contribution in [3.05, 3.63) is 64.8 Å². The lowest BCUT2D eigenvalue weighted by molar-refractivity contribution is 0.580. The molecular weight excluding hydrogens is 358 g/mol. The third kappa shape index (κ3) is 2.84. The van der Waals surface area contributed by atoms with Crippen LogP contribution in [0.5, 0.6) is 0 Å². The van der Waals surface area contributed by atoms with Gasteiger partial charge >= 0.3 is 0 Å². The van der Waals surface area contributed by atoms with E-state index in [4.69, 9.17) is 4.42 Å². The molecule has 0 saturated carbocycles. The minimum Gasteiger partial charge on any atom is -0.463 e. The Hall–Kier alpha value is -4.14. The molecular formula is C19H15N7O2. The summed E-state index contributed by atoms with van der Waals surface area (Å²) in [5.74, 6) is 2.42. The molecule has 1 aromatic carbocycles. The van der Waals surface area contributed by atoms with E-state index in [1.165, 1.54) is 0 Å². The molecule has 5 rings (SSSR count). The van der Waals surface area contributed by atoms with Crippen LogP contribution in [0.3, 0.4) is 0 Å². The van der Waals surface area contributed by atoms with E-state index in [0.717, 1.165) is 22.5 Å². The van der Waals surface area contributed by atoms with Gasteiger partial charge < -0.3 is 9.73 Å². The van der Waals surface area contributed by atoms with Gasteiger partial charge in [0.25, 0.3) is 5.56 Å². The average Bonchev–Trinajstić information content (AvgIpc) is 3.42. The molecule has 0 amide bonds. The number of aryl methyl sites for hydroxylation is 1. The topological polar surface area (TPSA) is 128 Å². The van der Waals surface area contributed by atoms with Gasteiger partial charge in [-0.25, -0.2) is 9.97 Å². The summed E-state index contributed by atoms with van der Waals surface area (Å²) in [5, 5.41) is 16.3. The summed E-state index contributed by atoms with van der Waals surface area (Å²) in [4.78, 5) is 20.9. The van der Waals surface area contributed by atoms with Gasteiger partial charge in [0.2, 0.25) is 0 Å². The molecule has 0 aliphatic carbocycles. The van der Waals surface area contributed by atoms with E-state index in [1.54, 1.807) is 12.3 Å². The molecule has 0 atom stereocenters. The first-order valence-corrected chi connectivity index (χ1v) is 8.58. The lowest BCUT2D eigenvalue weighted by Gasteiger charge is -2.07. The Labute approximate surface area is 157 Å². The fourth-order valence-electron chi connectivity index (χ4n) is 3.01. The lowest BCUT2D eigenvalue weighted by Crippen LogP contribution is -2.00. The number of furan rings is 1. The monoisotopic (exact) mass is 373 g/mol. The van der Waals surface area contributed by atoms with Crippen molar-refractivity contribution in [3.63, 3.8) is 0 Å². The van der Waals surface area contributed by atoms with E-state index in [2.05, 4.69) is 35.7 Å². The van der Waals surface area contributed by atoms with E-state index in [9.17, 15) is 4.79 Å². The van der Waals surface area contributed by atoms with Crippen molar-refractivity contribution < 1.29 is 4.42 Å². The van der Waals surface area contributed by atoms with Crippen LogP contribution in [0.2, 0.25) is 0 Å². The van der Waals surface area contributed by atoms with Crippen molar-refractivity contribution in [2.45, 2.75) is 6.92 Å². The predicted octanol–water partition coefficient (Wildman–Crippen LogP) is 3.35. The summed E-state index contributed by atoms with van der Waals surface area (Å²) in [6.45, 7) is 1.89. The molecule has 4 aromatic heterocycles. The van der Waals surface area contributed by atoms with Gasteiger partial charge in [0.05, 0.1) is 17.2 Å². The molecule has 0 saturated heterocycles. The number of hydrogen-bond donors (Lipinski definition) is 4. The maximum absolute atomic E-state index is 11.9. The Morgan fingerprint density at radius 1 is 1.04 bits per heavy atom. The molecule has 9 nitrogen and oxygen atoms in total. The molecule has 0 radical (unpaired) electrons. The Kier molecular flexibility index (Phi) is 3.58. The predicted molar refractivity (Wildman–Crippen MR) is 104 cm³/mol. The van der Waals surface area contributed by atoms with Crippen LogP contribution in [0.15, 0.2) is 57.9 Å². The quantitative estimate of drug-likeness (QED) is 0.382. The molecule has 5 aromatic rings. The Balaban J connectivity index is 1.48. The first-order chi connectivity index (χ1) is 13.7. The van der Waals surface area contributed by atoms with Crippen molar-refractivity contribution in [1.82, 2.24) is 30.4 Å². The number of hydrogen-bond acceptors (Lipinski definition) is 6. The highest BCUT2D eigenvalue weighted by Gasteiger charge is 2.11. The van der Waals surface area contributed by atoms with E-state index in [1.807, 2.05) is 43.3 Å². The first-order valence-electron chi connectivity index (χ1n) is 8.58. The largest absolute Gasteiger partial charge is 0.463 e. The number of nitrogens with zero attached hydrogens (tertiary/aromatic N) is 3. The van der Waals surface area contributed by atoms with Gasteiger partial charge in [0.15, 0.2) is 17.4 Å². The van der Waals surface area contributed by atoms with Gasteiger partial charge in [0.1, 0.15) is 11.5 Å². The Morgan fingerprint density at radius 2 is 1.96 bits per heavy atom. The minimum absolute atomic E-state index is 0.176. The summed E-state index contributed by atoms with van der Waals surface area (Å²) in [5.41, 5.74) is 2.86. The van der Waals surface area contributed by atoms with Gasteiger partial charge in [-0.2, -0.15) is 5.10 Å². The second-order valence-corrected chi connectivity index (χ2v) is 6.33. The summed E-state index contributed by atoms with van der Waals surface area (Å²) in [6.07, 6.45) is 1.61. The molecule has 0 aliphatic rings. The zero-order chi connectivity index (χ0) is 19.1. The van der Waals surface area contributed by atoms with Gasteiger partial charge in [-0.15, -0.1) is 0 Å². The molecule has 0 aliphatic heterocycles. The van der Waals surface area contributed by atoms with Crippen molar-refractivity contribution in [1.29, 1.82) is 0 Å². The maximum Gasteiger partial charge on any atom is 0.271 e. The van der Waals surface area contributed by atoms with E-state index in [-0.39, 0.29) is 5.56 Å². The molecule has 0 spiro atoms. The number of nitrogens with one attached hydrogen (secondary N) is 4. The smallest absolute Gasteiger partial charge is 0.271 e. The van der Waals surface area contributed by atoms with Crippen LogP contribution >= 0.6 is 0 Å². The number of benzene rings is 1. The van der Waals surface area contributed by atoms with Crippen LogP contribution in [0.1, 0.15) is 5.69 Å². The van der Waals surface area contributed by atoms with Gasteiger partial charge in [-0.1, -0.05) is 0 Å². The van der Waals surface area contributed by atoms with Crippen molar-refractivity contribution in [2.75, 3.05) is 5.32 Å². The fourth-order valence-corrected chi connectivity index (χ4v) is 3.01. The number of fused-ring (bicyclic) bond motifs is 1. The van der Waals surface area contributed by atoms with Crippen molar-refractivity contribution in [3.8, 4) is 22.8 Å². The molecule has 0 fully saturated rings. The van der Waals surface area contributed by atoms with Crippen LogP contribution < -0.4 is 10.9 Å². The number of aromatic nitrogens is 6. The van der Waals surface area contributed by atoms with E-state index >= 15 is 0 Å². The van der Waals surface area contributed by atoms with Gasteiger partial charge in [0, 0.05) is 23.4 Å². The van der Waals surface area contributed by atoms with Crippen molar-refractivity contribution in [2.24, 2.45) is 0 Å². The number of H-pyrrole nitrogens is 3. The highest BCUT2D eigenvalue weighted by Crippen LogP contribution is 2.24. The normalized spacial score (nSPS) is 11.2. The third-order valence-electron chi connectivity index (χ3n) is 4.31. The zero-order valence-corrected chi connectivity index (χ0v) is 14.8. The maximum atomic E-state index is 11.9. The second kappa shape index (κ2) is 6.23. The number of rotatable bonds is 4. The third-order valence-corrected chi connectivity index (χ3v) is 4.31. The van der Waals surface area contributed by atoms with Crippen LogP contribution in [0.25, 0.3) is 33.7 Å². The second-order valence-electron chi connectivity index (χ2n) is 6.33. The van der Waals surface area contributed by atoms with E-state index in [0.29, 0.717) is 28.6 Å². The SMILES string of the molecule is Cc1cc(Nc2cc(-c3ccco3)[nH]n2)nc(-c2ccc3[nH][nH]c(=O)c3c2)n1. The van der Waals surface area contributed by atoms with Crippen LogP contribution in [0, 0.1) is 6.92 Å². The van der Waals surface area contributed by atoms with Crippen LogP contribution in [-0.2, 0) is 0 Å². The van der Waals surface area contributed by atoms with Gasteiger partial charge in [-0.05, 0) is 37.3 Å². The van der Waals surface area contributed by atoms with E-state index < -0.39 is 0 Å². The first kappa shape index (κ1) is 16.1. The van der Waals surface area contributed by atoms with Crippen LogP contribution in [0.4, 0.5) is 11.6 Å². The average molecular weight is 373 g/mol. The summed E-state index contributed by atoms with van der Waals surface area (Å²) < 4.78 is 5.36. The number of anilines is 2. The minimum atomic E-state index is -0.176. The highest BCUT2D eigenvalue weighted by atomic mass is 16.3. The molecule has 0 unspecified atom stereocenters. The number of aromatic amines is 3. The molecule has 0 bridgehead atoms. The molecule has 28 heavy (non-hydrogen) atoms. The molecule has 4 heterocycles. The van der Waals surface area contributed by atoms with Gasteiger partial charge in [-0.3, -0.25) is 20.1 Å². The highest BCUT2D eigenvalue weighted by molar-refractivity contribution is 5.82. The Bertz CT molecular complexity index is 1330. The molecule has 4 N–H and O–H groups in total. The standard InChI is InChI=1S/C19H15N7O2/c1-10-7-16(21-17-9-14(24-25-17)15-3-2-6-28-15)22-18(20-10)11-4-5-13-12(8-11)19(27)26-23-13/h2-9H,1H3,(H2,23,26,27)(H2,20,21,22,24,25). The molecule has 9 heteroatoms. The van der Waals surface area contributed by atoms with Crippen molar-refractivity contribution >= 4 is 22.5 Å². The summed E-state index contributed by atoms with van der Waals surface area (Å²) in [7, 11) is 0. The molecule has 138 valence electrons. The Morgan fingerprint density at radius 3 is 2.82 bits per heavy atom.